The Kier molecular flexibility index (Phi) is 4.89. The molecule has 1 saturated carbocycles. The van der Waals surface area contributed by atoms with Crippen molar-refractivity contribution in [3.63, 3.8) is 0 Å². The maximum Gasteiger partial charge on any atom is 0.306 e. The normalized spacial score (nSPS) is 30.4. The van der Waals surface area contributed by atoms with Crippen molar-refractivity contribution in [1.82, 2.24) is 0 Å². The molecule has 1 heterocycles. The van der Waals surface area contributed by atoms with Crippen LogP contribution in [-0.4, -0.2) is 27.0 Å². The van der Waals surface area contributed by atoms with E-state index in [0.29, 0.717) is 24.2 Å². The number of hydrogen-bond donors (Lipinski definition) is 0. The van der Waals surface area contributed by atoms with Crippen molar-refractivity contribution >= 4 is 14.3 Å². The highest BCUT2D eigenvalue weighted by Crippen LogP contribution is 2.48. The lowest BCUT2D eigenvalue weighted by Crippen LogP contribution is -2.45. The molecule has 0 aromatic heterocycles. The van der Waals surface area contributed by atoms with Gasteiger partial charge in [0.15, 0.2) is 8.32 Å². The van der Waals surface area contributed by atoms with Crippen molar-refractivity contribution in [3.8, 4) is 0 Å². The number of carbonyl (C=O) groups excluding carboxylic acids is 1. The first kappa shape index (κ1) is 17.0. The van der Waals surface area contributed by atoms with Crippen molar-refractivity contribution in [1.29, 1.82) is 0 Å². The molecule has 4 heteroatoms. The zero-order valence-electron chi connectivity index (χ0n) is 14.6. The van der Waals surface area contributed by atoms with Crippen LogP contribution in [0.15, 0.2) is 0 Å². The fourth-order valence-corrected chi connectivity index (χ4v) is 5.54. The average Bonchev–Trinajstić information content (AvgIpc) is 3.15. The number of cyclic esters (lactones) is 1. The monoisotopic (exact) mass is 312 g/mol. The van der Waals surface area contributed by atoms with Crippen LogP contribution in [-0.2, 0) is 14.0 Å². The molecule has 0 bridgehead atoms. The first-order valence-electron chi connectivity index (χ1n) is 8.48. The molecule has 21 heavy (non-hydrogen) atoms. The molecule has 2 rings (SSSR count). The average molecular weight is 313 g/mol. The third-order valence-electron chi connectivity index (χ3n) is 6.26. The van der Waals surface area contributed by atoms with E-state index in [1.165, 1.54) is 6.42 Å². The van der Waals surface area contributed by atoms with E-state index in [1.54, 1.807) is 0 Å². The van der Waals surface area contributed by atoms with Crippen LogP contribution in [0.3, 0.4) is 0 Å². The van der Waals surface area contributed by atoms with Crippen LogP contribution in [0, 0.1) is 17.8 Å². The molecule has 0 radical (unpaired) electrons. The molecular formula is C17H32O3Si. The zero-order chi connectivity index (χ0) is 15.8. The first-order valence-corrected chi connectivity index (χ1v) is 11.4. The van der Waals surface area contributed by atoms with Gasteiger partial charge in [-0.15, -0.1) is 0 Å². The Bertz CT molecular complexity index is 389. The van der Waals surface area contributed by atoms with Crippen molar-refractivity contribution in [2.24, 2.45) is 17.8 Å². The van der Waals surface area contributed by atoms with E-state index in [-0.39, 0.29) is 17.1 Å². The van der Waals surface area contributed by atoms with Crippen LogP contribution in [0.4, 0.5) is 0 Å². The van der Waals surface area contributed by atoms with E-state index in [4.69, 9.17) is 9.16 Å². The first-order chi connectivity index (χ1) is 9.65. The van der Waals surface area contributed by atoms with Gasteiger partial charge in [0.2, 0.25) is 0 Å². The number of esters is 1. The number of ether oxygens (including phenoxy) is 1. The fourth-order valence-electron chi connectivity index (χ4n) is 3.15. The predicted octanol–water partition coefficient (Wildman–Crippen LogP) is 4.38. The molecular weight excluding hydrogens is 280 g/mol. The maximum absolute atomic E-state index is 11.4. The molecule has 0 spiro atoms. The lowest BCUT2D eigenvalue weighted by molar-refractivity contribution is -0.155. The molecule has 1 aliphatic carbocycles. The summed E-state index contributed by atoms with van der Waals surface area (Å²) in [5.74, 6) is 1.79. The number of carbonyl (C=O) groups is 1. The van der Waals surface area contributed by atoms with E-state index in [9.17, 15) is 4.79 Å². The topological polar surface area (TPSA) is 35.5 Å². The Morgan fingerprint density at radius 2 is 2.05 bits per heavy atom. The minimum absolute atomic E-state index is 0.00605. The SMILES string of the molecule is CC(C)C(C)(C)[Si](C)(C)OC[C@H]1C[C@@H]1[C@H]1CCCC(=O)O1. The van der Waals surface area contributed by atoms with Gasteiger partial charge in [0.1, 0.15) is 6.10 Å². The molecule has 0 N–H and O–H groups in total. The summed E-state index contributed by atoms with van der Waals surface area (Å²) >= 11 is 0. The Hall–Kier alpha value is -0.353. The van der Waals surface area contributed by atoms with Gasteiger partial charge in [0, 0.05) is 18.9 Å². The molecule has 122 valence electrons. The summed E-state index contributed by atoms with van der Waals surface area (Å²) in [5, 5.41) is 0.273. The fraction of sp³-hybridized carbons (Fsp3) is 0.941. The second-order valence-electron chi connectivity index (χ2n) is 8.28. The zero-order valence-corrected chi connectivity index (χ0v) is 15.6. The molecule has 3 nitrogen and oxygen atoms in total. The van der Waals surface area contributed by atoms with Crippen LogP contribution in [0.25, 0.3) is 0 Å². The number of hydrogen-bond acceptors (Lipinski definition) is 3. The maximum atomic E-state index is 11.4. The second kappa shape index (κ2) is 6.03. The van der Waals surface area contributed by atoms with E-state index < -0.39 is 8.32 Å². The van der Waals surface area contributed by atoms with Crippen LogP contribution < -0.4 is 0 Å². The van der Waals surface area contributed by atoms with E-state index in [2.05, 4.69) is 40.8 Å². The van der Waals surface area contributed by atoms with Gasteiger partial charge in [-0.05, 0) is 49.2 Å². The van der Waals surface area contributed by atoms with Gasteiger partial charge in [-0.25, -0.2) is 0 Å². The molecule has 0 aromatic rings. The summed E-state index contributed by atoms with van der Waals surface area (Å²) in [6.07, 6.45) is 3.99. The van der Waals surface area contributed by atoms with Gasteiger partial charge >= 0.3 is 5.97 Å². The summed E-state index contributed by atoms with van der Waals surface area (Å²) < 4.78 is 11.9. The third-order valence-corrected chi connectivity index (χ3v) is 10.8. The van der Waals surface area contributed by atoms with E-state index in [1.807, 2.05) is 0 Å². The summed E-state index contributed by atoms with van der Waals surface area (Å²) in [7, 11) is -1.72. The third kappa shape index (κ3) is 3.70. The smallest absolute Gasteiger partial charge is 0.306 e. The Labute approximate surface area is 130 Å². The predicted molar refractivity (Wildman–Crippen MR) is 87.6 cm³/mol. The van der Waals surface area contributed by atoms with Crippen LogP contribution >= 0.6 is 0 Å². The Morgan fingerprint density at radius 1 is 1.38 bits per heavy atom. The molecule has 0 aromatic carbocycles. The second-order valence-corrected chi connectivity index (χ2v) is 12.9. The van der Waals surface area contributed by atoms with Gasteiger partial charge in [0.25, 0.3) is 0 Å². The summed E-state index contributed by atoms with van der Waals surface area (Å²) in [6, 6.07) is 0. The van der Waals surface area contributed by atoms with Gasteiger partial charge in [-0.1, -0.05) is 27.7 Å². The molecule has 1 aliphatic heterocycles. The molecule has 2 fully saturated rings. The standard InChI is InChI=1S/C17H32O3Si/c1-12(2)17(3,4)21(5,6)19-11-13-10-14(13)15-8-7-9-16(18)20-15/h12-15H,7-11H2,1-6H3/t13-,14+,15-/m1/s1. The van der Waals surface area contributed by atoms with Gasteiger partial charge < -0.3 is 9.16 Å². The summed E-state index contributed by atoms with van der Waals surface area (Å²) in [6.45, 7) is 14.8. The van der Waals surface area contributed by atoms with Crippen molar-refractivity contribution in [3.05, 3.63) is 0 Å². The highest BCUT2D eigenvalue weighted by molar-refractivity contribution is 6.74. The van der Waals surface area contributed by atoms with Crippen LogP contribution in [0.2, 0.25) is 18.1 Å². The highest BCUT2D eigenvalue weighted by atomic mass is 28.4. The van der Waals surface area contributed by atoms with Crippen molar-refractivity contribution in [2.75, 3.05) is 6.61 Å². The minimum atomic E-state index is -1.72. The van der Waals surface area contributed by atoms with Gasteiger partial charge in [-0.3, -0.25) is 4.79 Å². The Balaban J connectivity index is 1.81. The molecule has 0 unspecified atom stereocenters. The van der Waals surface area contributed by atoms with E-state index >= 15 is 0 Å². The summed E-state index contributed by atoms with van der Waals surface area (Å²) in [5.41, 5.74) is 0. The van der Waals surface area contributed by atoms with Crippen molar-refractivity contribution in [2.45, 2.75) is 77.6 Å². The van der Waals surface area contributed by atoms with Gasteiger partial charge in [-0.2, -0.15) is 0 Å². The minimum Gasteiger partial charge on any atom is -0.462 e. The van der Waals surface area contributed by atoms with E-state index in [0.717, 1.165) is 19.4 Å². The van der Waals surface area contributed by atoms with Gasteiger partial charge in [0.05, 0.1) is 0 Å². The molecule has 1 saturated heterocycles. The lowest BCUT2D eigenvalue weighted by Gasteiger charge is -2.42. The molecule has 0 amide bonds. The Morgan fingerprint density at radius 3 is 2.62 bits per heavy atom. The highest BCUT2D eigenvalue weighted by Gasteiger charge is 2.48. The molecule has 2 aliphatic rings. The quantitative estimate of drug-likeness (QED) is 0.539. The van der Waals surface area contributed by atoms with Crippen molar-refractivity contribution < 1.29 is 14.0 Å². The molecule has 3 atom stereocenters. The largest absolute Gasteiger partial charge is 0.462 e. The van der Waals surface area contributed by atoms with Crippen LogP contribution in [0.1, 0.15) is 53.4 Å². The van der Waals surface area contributed by atoms with Crippen LogP contribution in [0.5, 0.6) is 0 Å². The lowest BCUT2D eigenvalue weighted by atomic mass is 9.99. The summed E-state index contributed by atoms with van der Waals surface area (Å²) in [4.78, 5) is 11.4. The number of rotatable bonds is 6.